The third kappa shape index (κ3) is 3.50. The molecule has 0 fully saturated rings. The molecule has 0 aliphatic heterocycles. The van der Waals surface area contributed by atoms with E-state index in [0.717, 1.165) is 16.7 Å². The minimum absolute atomic E-state index is 0.00278. The topological polar surface area (TPSA) is 77.4 Å². The number of fused-ring (bicyclic) bond motifs is 1. The van der Waals surface area contributed by atoms with Crippen LogP contribution in [0.15, 0.2) is 30.3 Å². The SMILES string of the molecule is COc1ccc([C@H]2c3cc(OC)c(OC)cc3C[C@H](CO)[C@@H]2CO)cc1OC. The van der Waals surface area contributed by atoms with Crippen molar-refractivity contribution in [3.05, 3.63) is 47.0 Å². The van der Waals surface area contributed by atoms with Crippen LogP contribution in [0, 0.1) is 11.8 Å². The molecule has 0 saturated carbocycles. The van der Waals surface area contributed by atoms with Crippen molar-refractivity contribution in [2.45, 2.75) is 12.3 Å². The number of hydrogen-bond donors (Lipinski definition) is 2. The van der Waals surface area contributed by atoms with Crippen molar-refractivity contribution in [2.24, 2.45) is 11.8 Å². The van der Waals surface area contributed by atoms with Crippen LogP contribution in [0.4, 0.5) is 0 Å². The van der Waals surface area contributed by atoms with E-state index in [1.54, 1.807) is 28.4 Å². The number of hydrogen-bond acceptors (Lipinski definition) is 6. The minimum Gasteiger partial charge on any atom is -0.493 e. The Labute approximate surface area is 165 Å². The summed E-state index contributed by atoms with van der Waals surface area (Å²) < 4.78 is 21.8. The molecule has 0 saturated heterocycles. The van der Waals surface area contributed by atoms with Gasteiger partial charge in [0.05, 0.1) is 28.4 Å². The largest absolute Gasteiger partial charge is 0.493 e. The Morgan fingerprint density at radius 1 is 0.786 bits per heavy atom. The van der Waals surface area contributed by atoms with Gasteiger partial charge >= 0.3 is 0 Å². The lowest BCUT2D eigenvalue weighted by molar-refractivity contribution is 0.101. The fourth-order valence-corrected chi connectivity index (χ4v) is 4.27. The number of aliphatic hydroxyl groups is 2. The van der Waals surface area contributed by atoms with Crippen molar-refractivity contribution in [3.63, 3.8) is 0 Å². The van der Waals surface area contributed by atoms with Gasteiger partial charge in [0.15, 0.2) is 23.0 Å². The predicted octanol–water partition coefficient (Wildman–Crippen LogP) is 2.63. The van der Waals surface area contributed by atoms with Crippen LogP contribution in [0.5, 0.6) is 23.0 Å². The lowest BCUT2D eigenvalue weighted by Gasteiger charge is -2.39. The van der Waals surface area contributed by atoms with Crippen LogP contribution in [0.25, 0.3) is 0 Å². The number of aliphatic hydroxyl groups excluding tert-OH is 2. The van der Waals surface area contributed by atoms with Crippen molar-refractivity contribution in [1.29, 1.82) is 0 Å². The second kappa shape index (κ2) is 8.71. The molecule has 28 heavy (non-hydrogen) atoms. The molecule has 0 spiro atoms. The van der Waals surface area contributed by atoms with E-state index in [9.17, 15) is 10.2 Å². The summed E-state index contributed by atoms with van der Waals surface area (Å²) in [5.74, 6) is 2.27. The Kier molecular flexibility index (Phi) is 6.31. The molecule has 0 radical (unpaired) electrons. The van der Waals surface area contributed by atoms with Gasteiger partial charge in [0.2, 0.25) is 0 Å². The van der Waals surface area contributed by atoms with Crippen LogP contribution in [0.3, 0.4) is 0 Å². The van der Waals surface area contributed by atoms with Crippen molar-refractivity contribution in [1.82, 2.24) is 0 Å². The van der Waals surface area contributed by atoms with Crippen molar-refractivity contribution in [2.75, 3.05) is 41.7 Å². The average Bonchev–Trinajstić information content (AvgIpc) is 2.75. The van der Waals surface area contributed by atoms with Gasteiger partial charge in [0, 0.05) is 19.1 Å². The van der Waals surface area contributed by atoms with Gasteiger partial charge in [-0.25, -0.2) is 0 Å². The highest BCUT2D eigenvalue weighted by molar-refractivity contribution is 5.54. The molecule has 6 nitrogen and oxygen atoms in total. The van der Waals surface area contributed by atoms with E-state index < -0.39 is 0 Å². The molecule has 0 bridgehead atoms. The molecule has 6 heteroatoms. The van der Waals surface area contributed by atoms with Crippen molar-refractivity contribution in [3.8, 4) is 23.0 Å². The monoisotopic (exact) mass is 388 g/mol. The molecule has 0 heterocycles. The molecule has 2 aromatic carbocycles. The summed E-state index contributed by atoms with van der Waals surface area (Å²) in [4.78, 5) is 0. The number of methoxy groups -OCH3 is 4. The van der Waals surface area contributed by atoms with Gasteiger partial charge in [-0.3, -0.25) is 0 Å². The van der Waals surface area contributed by atoms with Crippen molar-refractivity contribution >= 4 is 0 Å². The second-order valence-corrected chi connectivity index (χ2v) is 6.99. The lowest BCUT2D eigenvalue weighted by atomic mass is 9.67. The summed E-state index contributed by atoms with van der Waals surface area (Å²) in [5.41, 5.74) is 3.14. The smallest absolute Gasteiger partial charge is 0.161 e. The van der Waals surface area contributed by atoms with Crippen LogP contribution < -0.4 is 18.9 Å². The summed E-state index contributed by atoms with van der Waals surface area (Å²) in [7, 11) is 6.42. The Morgan fingerprint density at radius 2 is 1.39 bits per heavy atom. The molecule has 1 aliphatic carbocycles. The summed E-state index contributed by atoms with van der Waals surface area (Å²) >= 11 is 0. The first-order valence-electron chi connectivity index (χ1n) is 9.30. The number of rotatable bonds is 7. The van der Waals surface area contributed by atoms with Gasteiger partial charge < -0.3 is 29.2 Å². The van der Waals surface area contributed by atoms with Gasteiger partial charge in [0.25, 0.3) is 0 Å². The second-order valence-electron chi connectivity index (χ2n) is 6.99. The molecule has 2 aromatic rings. The molecule has 0 unspecified atom stereocenters. The highest BCUT2D eigenvalue weighted by atomic mass is 16.5. The molecule has 2 N–H and O–H groups in total. The molecular weight excluding hydrogens is 360 g/mol. The fraction of sp³-hybridized carbons (Fsp3) is 0.455. The quantitative estimate of drug-likeness (QED) is 0.759. The molecule has 152 valence electrons. The van der Waals surface area contributed by atoms with Crippen LogP contribution in [-0.4, -0.2) is 51.9 Å². The average molecular weight is 388 g/mol. The Hall–Kier alpha value is -2.44. The molecule has 0 aromatic heterocycles. The van der Waals surface area contributed by atoms with Gasteiger partial charge in [0.1, 0.15) is 0 Å². The molecular formula is C22H28O6. The first-order valence-corrected chi connectivity index (χ1v) is 9.30. The van der Waals surface area contributed by atoms with Crippen molar-refractivity contribution < 1.29 is 29.2 Å². The van der Waals surface area contributed by atoms with Gasteiger partial charge in [-0.1, -0.05) is 6.07 Å². The normalized spacial score (nSPS) is 21.0. The maximum atomic E-state index is 10.2. The first-order chi connectivity index (χ1) is 13.6. The van der Waals surface area contributed by atoms with Crippen LogP contribution in [-0.2, 0) is 6.42 Å². The molecule has 3 rings (SSSR count). The third-order valence-corrected chi connectivity index (χ3v) is 5.71. The standard InChI is InChI=1S/C22H28O6/c1-25-18-6-5-13(8-19(18)26-2)22-16-10-21(28-4)20(27-3)9-14(16)7-15(11-23)17(22)12-24/h5-6,8-10,15,17,22-24H,7,11-12H2,1-4H3/t15-,17+,22+/m1/s1. The maximum Gasteiger partial charge on any atom is 0.161 e. The van der Waals surface area contributed by atoms with E-state index in [2.05, 4.69) is 0 Å². The first kappa shape index (κ1) is 20.3. The zero-order valence-electron chi connectivity index (χ0n) is 16.8. The highest BCUT2D eigenvalue weighted by Gasteiger charge is 2.38. The number of benzene rings is 2. The van der Waals surface area contributed by atoms with E-state index in [0.29, 0.717) is 29.4 Å². The Bertz CT molecular complexity index is 819. The Morgan fingerprint density at radius 3 is 1.96 bits per heavy atom. The zero-order valence-corrected chi connectivity index (χ0v) is 16.8. The summed E-state index contributed by atoms with van der Waals surface area (Å²) in [6.07, 6.45) is 0.668. The third-order valence-electron chi connectivity index (χ3n) is 5.71. The van der Waals surface area contributed by atoms with E-state index in [4.69, 9.17) is 18.9 Å². The van der Waals surface area contributed by atoms with E-state index in [-0.39, 0.29) is 31.0 Å². The molecule has 0 amide bonds. The van der Waals surface area contributed by atoms with E-state index >= 15 is 0 Å². The van der Waals surface area contributed by atoms with Crippen LogP contribution >= 0.6 is 0 Å². The fourth-order valence-electron chi connectivity index (χ4n) is 4.27. The highest BCUT2D eigenvalue weighted by Crippen LogP contribution is 2.48. The Balaban J connectivity index is 2.20. The van der Waals surface area contributed by atoms with Gasteiger partial charge in [-0.15, -0.1) is 0 Å². The van der Waals surface area contributed by atoms with E-state index in [1.807, 2.05) is 30.3 Å². The zero-order chi connectivity index (χ0) is 20.3. The molecule has 3 atom stereocenters. The predicted molar refractivity (Wildman–Crippen MR) is 106 cm³/mol. The van der Waals surface area contributed by atoms with Crippen LogP contribution in [0.1, 0.15) is 22.6 Å². The minimum atomic E-state index is -0.131. The molecule has 1 aliphatic rings. The summed E-state index contributed by atoms with van der Waals surface area (Å²) in [6.45, 7) is -0.0270. The summed E-state index contributed by atoms with van der Waals surface area (Å²) in [5, 5.41) is 20.2. The lowest BCUT2D eigenvalue weighted by Crippen LogP contribution is -2.35. The summed E-state index contributed by atoms with van der Waals surface area (Å²) in [6, 6.07) is 9.73. The number of ether oxygens (including phenoxy) is 4. The van der Waals surface area contributed by atoms with Gasteiger partial charge in [-0.2, -0.15) is 0 Å². The van der Waals surface area contributed by atoms with Crippen LogP contribution in [0.2, 0.25) is 0 Å². The maximum absolute atomic E-state index is 10.2. The van der Waals surface area contributed by atoms with Gasteiger partial charge in [-0.05, 0) is 59.2 Å². The van der Waals surface area contributed by atoms with E-state index in [1.165, 1.54) is 0 Å².